The molecule has 1 aliphatic rings. The number of allylic oxidation sites excluding steroid dienone is 4. The van der Waals surface area contributed by atoms with Crippen LogP contribution in [0.5, 0.6) is 0 Å². The smallest absolute Gasteiger partial charge is 1.00 e. The summed E-state index contributed by atoms with van der Waals surface area (Å²) in [4.78, 5) is 0. The minimum absolute atomic E-state index is 0. The second kappa shape index (κ2) is 14.4. The van der Waals surface area contributed by atoms with Gasteiger partial charge in [-0.15, -0.1) is 0 Å². The number of rotatable bonds is 7. The van der Waals surface area contributed by atoms with Gasteiger partial charge in [0, 0.05) is 0 Å². The molecule has 44 heavy (non-hydrogen) atoms. The molecule has 236 valence electrons. The Morgan fingerprint density at radius 2 is 0.568 bits per heavy atom. The Morgan fingerprint density at radius 3 is 0.750 bits per heavy atom. The van der Waals surface area contributed by atoms with E-state index in [4.69, 9.17) is 0 Å². The molecule has 0 bridgehead atoms. The molecule has 3 aromatic rings. The first-order valence-corrected chi connectivity index (χ1v) is 28.5. The first-order valence-electron chi connectivity index (χ1n) is 15.2. The third-order valence-electron chi connectivity index (χ3n) is 9.93. The van der Waals surface area contributed by atoms with Gasteiger partial charge in [0.25, 0.3) is 0 Å². The largest absolute Gasteiger partial charge is 1.00 e. The second-order valence-electron chi connectivity index (χ2n) is 15.5. The molecule has 0 unspecified atom stereocenters. The van der Waals surface area contributed by atoms with Gasteiger partial charge < -0.3 is 37.2 Å². The minimum atomic E-state index is -2.64. The van der Waals surface area contributed by atoms with Gasteiger partial charge in [0.05, 0.1) is 0 Å². The summed E-state index contributed by atoms with van der Waals surface area (Å²) in [5.41, 5.74) is 6.07. The molecule has 0 saturated heterocycles. The summed E-state index contributed by atoms with van der Waals surface area (Å²) in [6.45, 7) is 31.7. The van der Waals surface area contributed by atoms with Crippen LogP contribution in [0.25, 0.3) is 0 Å². The zero-order chi connectivity index (χ0) is 30.8. The topological polar surface area (TPSA) is 0 Å². The Hall–Kier alpha value is -0.408. The van der Waals surface area contributed by atoms with Crippen LogP contribution in [0.15, 0.2) is 95.1 Å². The normalized spacial score (nSPS) is 15.4. The molecule has 0 atom stereocenters. The number of hydrogen-bond donors (Lipinski definition) is 0. The molecule has 0 spiro atoms. The van der Waals surface area contributed by atoms with E-state index in [2.05, 4.69) is 180 Å². The van der Waals surface area contributed by atoms with E-state index in [0.717, 1.165) is 0 Å². The zero-order valence-corrected chi connectivity index (χ0v) is 36.9. The Balaban J connectivity index is 0.00000323. The molecule has 0 heterocycles. The second-order valence-corrected chi connectivity index (χ2v) is 36.6. The molecular weight excluding hydrogens is 699 g/mol. The van der Waals surface area contributed by atoms with Gasteiger partial charge >= 0.3 is 269 Å². The Morgan fingerprint density at radius 1 is 0.386 bits per heavy atom. The van der Waals surface area contributed by atoms with Crippen molar-refractivity contribution in [3.63, 3.8) is 0 Å². The van der Waals surface area contributed by atoms with Crippen molar-refractivity contribution in [1.82, 2.24) is 0 Å². The monoisotopic (exact) mass is 748 g/mol. The van der Waals surface area contributed by atoms with Gasteiger partial charge in [0.15, 0.2) is 0 Å². The van der Waals surface area contributed by atoms with Crippen LogP contribution in [-0.2, 0) is 20.4 Å². The molecule has 0 aliphatic heterocycles. The summed E-state index contributed by atoms with van der Waals surface area (Å²) in [6, 6.07) is 30.1. The fraction of sp³-hybridized carbons (Fsp3) is 0.389. The van der Waals surface area contributed by atoms with Gasteiger partial charge in [-0.25, -0.2) is 0 Å². The SMILES string of the molecule is CC1=C(C)[C]([Ti+3])([Si](c2ccc([Si](C)(C)C)cc2)(c2ccc([Si](C)(C)C)cc2)c2ccc([Si](C)(C)C)cc2)C(C)=C1C.[Cl-].[Cl-].[Cl-]. The fourth-order valence-electron chi connectivity index (χ4n) is 6.78. The van der Waals surface area contributed by atoms with Crippen molar-refractivity contribution in [3.8, 4) is 0 Å². The van der Waals surface area contributed by atoms with Crippen LogP contribution >= 0.6 is 0 Å². The summed E-state index contributed by atoms with van der Waals surface area (Å²) in [5, 5.41) is 9.21. The molecule has 0 aromatic heterocycles. The van der Waals surface area contributed by atoms with Gasteiger partial charge in [-0.3, -0.25) is 0 Å². The molecule has 3 aromatic carbocycles. The first kappa shape index (κ1) is 41.6. The standard InChI is InChI=1S/C36H51Si4.3ClH.Ti/c1-26-27(2)29(4)36(28(26)3)40(33-20-14-30(15-21-33)37(5,6)7,34-22-16-31(17-23-34)38(8,9)10)35-24-18-32(19-25-35)39(11,12)13;;;;/h14-25H,1-13H3;3*1H;/q;;;;+3/p-3. The quantitative estimate of drug-likeness (QED) is 0.189. The first-order chi connectivity index (χ1) is 18.8. The number of benzene rings is 3. The third-order valence-corrected chi connectivity index (χ3v) is 24.5. The van der Waals surface area contributed by atoms with E-state index in [1.54, 1.807) is 11.1 Å². The number of hydrogen-bond acceptors (Lipinski definition) is 0. The van der Waals surface area contributed by atoms with Crippen molar-refractivity contribution in [3.05, 3.63) is 95.1 Å². The van der Waals surface area contributed by atoms with E-state index in [1.807, 2.05) is 0 Å². The van der Waals surface area contributed by atoms with Crippen molar-refractivity contribution >= 4 is 63.4 Å². The summed E-state index contributed by atoms with van der Waals surface area (Å²) >= 11 is 2.59. The molecule has 0 amide bonds. The predicted octanol–water partition coefficient (Wildman–Crippen LogP) is -2.26. The van der Waals surface area contributed by atoms with Crippen LogP contribution in [0, 0.1) is 0 Å². The zero-order valence-electron chi connectivity index (χ0n) is 29.1. The minimum Gasteiger partial charge on any atom is -1.00 e. The van der Waals surface area contributed by atoms with E-state index in [1.165, 1.54) is 42.3 Å². The van der Waals surface area contributed by atoms with Crippen LogP contribution in [0.3, 0.4) is 0 Å². The molecule has 0 nitrogen and oxygen atoms in total. The molecule has 0 radical (unpaired) electrons. The fourth-order valence-corrected chi connectivity index (χ4v) is 18.7. The number of halogens is 3. The van der Waals surface area contributed by atoms with Crippen molar-refractivity contribution in [1.29, 1.82) is 0 Å². The van der Waals surface area contributed by atoms with Crippen LogP contribution in [0.4, 0.5) is 0 Å². The molecule has 0 saturated carbocycles. The summed E-state index contributed by atoms with van der Waals surface area (Å²) in [6.07, 6.45) is 0. The van der Waals surface area contributed by atoms with Crippen LogP contribution < -0.4 is 68.3 Å². The molecule has 0 fully saturated rings. The Bertz CT molecular complexity index is 1340. The van der Waals surface area contributed by atoms with Gasteiger partial charge in [0.1, 0.15) is 0 Å². The van der Waals surface area contributed by atoms with Crippen LogP contribution in [0.1, 0.15) is 27.7 Å². The average molecular weight is 750 g/mol. The van der Waals surface area contributed by atoms with Crippen molar-refractivity contribution in [2.45, 2.75) is 90.0 Å². The van der Waals surface area contributed by atoms with E-state index >= 15 is 0 Å². The summed E-state index contributed by atoms with van der Waals surface area (Å²) in [5.74, 6) is 0. The van der Waals surface area contributed by atoms with Crippen molar-refractivity contribution in [2.75, 3.05) is 0 Å². The van der Waals surface area contributed by atoms with Crippen LogP contribution in [-0.4, -0.2) is 32.3 Å². The van der Waals surface area contributed by atoms with Crippen LogP contribution in [0.2, 0.25) is 62.3 Å². The van der Waals surface area contributed by atoms with Crippen molar-refractivity contribution < 1.29 is 57.7 Å². The maximum atomic E-state index is 2.59. The molecule has 0 N–H and O–H groups in total. The maximum Gasteiger partial charge on any atom is -1.00 e. The summed E-state index contributed by atoms with van der Waals surface area (Å²) in [7, 11) is -6.91. The van der Waals surface area contributed by atoms with Gasteiger partial charge in [-0.05, 0) is 0 Å². The van der Waals surface area contributed by atoms with Gasteiger partial charge in [-0.2, -0.15) is 0 Å². The third kappa shape index (κ3) is 7.05. The average Bonchev–Trinajstić information content (AvgIpc) is 3.04. The van der Waals surface area contributed by atoms with Gasteiger partial charge in [0.2, 0.25) is 0 Å². The summed E-state index contributed by atoms with van der Waals surface area (Å²) < 4.78 is -0.0663. The molecule has 1 aliphatic carbocycles. The molecule has 8 heteroatoms. The Kier molecular flexibility index (Phi) is 13.6. The van der Waals surface area contributed by atoms with E-state index in [9.17, 15) is 0 Å². The van der Waals surface area contributed by atoms with E-state index in [0.29, 0.717) is 0 Å². The maximum absolute atomic E-state index is 2.64. The van der Waals surface area contributed by atoms with Gasteiger partial charge in [-0.1, -0.05) is 0 Å². The Labute approximate surface area is 303 Å². The molecular formula is C36H51Cl3Si4Ti. The van der Waals surface area contributed by atoms with E-state index in [-0.39, 0.29) is 40.6 Å². The van der Waals surface area contributed by atoms with E-state index < -0.39 is 32.3 Å². The molecule has 4 rings (SSSR count). The predicted molar refractivity (Wildman–Crippen MR) is 192 cm³/mol. The van der Waals surface area contributed by atoms with Crippen molar-refractivity contribution in [2.24, 2.45) is 0 Å².